The lowest BCUT2D eigenvalue weighted by atomic mass is 10.1. The van der Waals surface area contributed by atoms with E-state index in [1.165, 1.54) is 25.3 Å². The SMILES string of the molecule is COc1cc([N+](=O)[O-])ccc1NC(=O)CC1C(=O)Nc2nc3ccccc3n21. The largest absolute Gasteiger partial charge is 0.494 e. The fourth-order valence-electron chi connectivity index (χ4n) is 3.22. The molecule has 28 heavy (non-hydrogen) atoms. The number of nitro groups is 1. The summed E-state index contributed by atoms with van der Waals surface area (Å²) >= 11 is 0. The molecular weight excluding hydrogens is 366 g/mol. The van der Waals surface area contributed by atoms with E-state index in [1.54, 1.807) is 4.57 Å². The van der Waals surface area contributed by atoms with Crippen LogP contribution in [0.4, 0.5) is 17.3 Å². The van der Waals surface area contributed by atoms with Crippen LogP contribution < -0.4 is 15.4 Å². The van der Waals surface area contributed by atoms with Crippen molar-refractivity contribution >= 4 is 40.2 Å². The van der Waals surface area contributed by atoms with Gasteiger partial charge in [-0.15, -0.1) is 0 Å². The van der Waals surface area contributed by atoms with E-state index in [1.807, 2.05) is 24.3 Å². The summed E-state index contributed by atoms with van der Waals surface area (Å²) in [7, 11) is 1.35. The van der Waals surface area contributed by atoms with Crippen LogP contribution in [0.2, 0.25) is 0 Å². The molecule has 0 spiro atoms. The molecule has 142 valence electrons. The fraction of sp³-hybridized carbons (Fsp3) is 0.167. The Morgan fingerprint density at radius 2 is 2.14 bits per heavy atom. The molecule has 0 bridgehead atoms. The average Bonchev–Trinajstić information content (AvgIpc) is 3.17. The first-order valence-electron chi connectivity index (χ1n) is 8.38. The smallest absolute Gasteiger partial charge is 0.273 e. The summed E-state index contributed by atoms with van der Waals surface area (Å²) in [5.74, 6) is -0.193. The Hall–Kier alpha value is -3.95. The number of amides is 2. The summed E-state index contributed by atoms with van der Waals surface area (Å²) < 4.78 is 6.81. The number of nitrogens with one attached hydrogen (secondary N) is 2. The van der Waals surface area contributed by atoms with Gasteiger partial charge in [0.1, 0.15) is 11.8 Å². The van der Waals surface area contributed by atoms with E-state index in [9.17, 15) is 19.7 Å². The lowest BCUT2D eigenvalue weighted by Crippen LogP contribution is -2.23. The predicted octanol–water partition coefficient (Wildman–Crippen LogP) is 2.48. The summed E-state index contributed by atoms with van der Waals surface area (Å²) in [4.78, 5) is 39.5. The van der Waals surface area contributed by atoms with Gasteiger partial charge in [0.25, 0.3) is 5.69 Å². The number of non-ortho nitro benzene ring substituents is 1. The molecule has 1 aliphatic heterocycles. The van der Waals surface area contributed by atoms with Crippen molar-refractivity contribution in [2.75, 3.05) is 17.7 Å². The van der Waals surface area contributed by atoms with Crippen LogP contribution in [0.3, 0.4) is 0 Å². The van der Waals surface area contributed by atoms with Crippen LogP contribution in [-0.4, -0.2) is 33.4 Å². The predicted molar refractivity (Wildman–Crippen MR) is 100 cm³/mol. The van der Waals surface area contributed by atoms with Gasteiger partial charge in [0.2, 0.25) is 17.8 Å². The molecule has 0 saturated carbocycles. The average molecular weight is 381 g/mol. The Morgan fingerprint density at radius 3 is 2.89 bits per heavy atom. The van der Waals surface area contributed by atoms with E-state index in [2.05, 4.69) is 15.6 Å². The molecule has 1 unspecified atom stereocenters. The number of nitrogens with zero attached hydrogens (tertiary/aromatic N) is 3. The number of aromatic nitrogens is 2. The zero-order valence-corrected chi connectivity index (χ0v) is 14.7. The highest BCUT2D eigenvalue weighted by Gasteiger charge is 2.34. The molecule has 1 aromatic heterocycles. The van der Waals surface area contributed by atoms with Gasteiger partial charge >= 0.3 is 0 Å². The summed E-state index contributed by atoms with van der Waals surface area (Å²) in [6.07, 6.45) is -0.126. The number of hydrogen-bond acceptors (Lipinski definition) is 6. The summed E-state index contributed by atoms with van der Waals surface area (Å²) in [6.45, 7) is 0. The van der Waals surface area contributed by atoms with Gasteiger partial charge in [-0.25, -0.2) is 4.98 Å². The lowest BCUT2D eigenvalue weighted by Gasteiger charge is -2.13. The third-order valence-corrected chi connectivity index (χ3v) is 4.49. The Balaban J connectivity index is 1.57. The second-order valence-electron chi connectivity index (χ2n) is 6.19. The van der Waals surface area contributed by atoms with Crippen molar-refractivity contribution in [1.29, 1.82) is 0 Å². The molecule has 3 aromatic rings. The molecule has 2 aromatic carbocycles. The topological polar surface area (TPSA) is 128 Å². The number of hydrogen-bond donors (Lipinski definition) is 2. The van der Waals surface area contributed by atoms with Gasteiger partial charge in [0, 0.05) is 6.07 Å². The molecule has 2 heterocycles. The molecule has 4 rings (SSSR count). The number of para-hydroxylation sites is 2. The highest BCUT2D eigenvalue weighted by molar-refractivity contribution is 6.03. The van der Waals surface area contributed by atoms with Crippen LogP contribution in [0.1, 0.15) is 12.5 Å². The van der Waals surface area contributed by atoms with Crippen LogP contribution in [0.25, 0.3) is 11.0 Å². The standard InChI is InChI=1S/C18H15N5O5/c1-28-15-8-10(23(26)27)6-7-12(15)19-16(24)9-14-17(25)21-18-20-11-4-2-3-5-13(11)22(14)18/h2-8,14H,9H2,1H3,(H,19,24)(H,20,21,25). The summed E-state index contributed by atoms with van der Waals surface area (Å²) in [5, 5.41) is 16.2. The fourth-order valence-corrected chi connectivity index (χ4v) is 3.22. The molecule has 1 aliphatic rings. The Bertz CT molecular complexity index is 1120. The number of anilines is 2. The molecule has 2 N–H and O–H groups in total. The number of methoxy groups -OCH3 is 1. The van der Waals surface area contributed by atoms with Crippen molar-refractivity contribution < 1.29 is 19.2 Å². The van der Waals surface area contributed by atoms with Gasteiger partial charge in [-0.3, -0.25) is 29.6 Å². The van der Waals surface area contributed by atoms with Crippen LogP contribution in [0, 0.1) is 10.1 Å². The van der Waals surface area contributed by atoms with Gasteiger partial charge < -0.3 is 10.1 Å². The minimum absolute atomic E-state index is 0.126. The maximum atomic E-state index is 12.6. The van der Waals surface area contributed by atoms with Crippen molar-refractivity contribution in [3.8, 4) is 5.75 Å². The van der Waals surface area contributed by atoms with Gasteiger partial charge in [-0.05, 0) is 18.2 Å². The molecule has 0 radical (unpaired) electrons. The lowest BCUT2D eigenvalue weighted by molar-refractivity contribution is -0.384. The van der Waals surface area contributed by atoms with Gasteiger partial charge in [0.15, 0.2) is 0 Å². The number of carbonyl (C=O) groups is 2. The number of nitro benzene ring substituents is 1. The van der Waals surface area contributed by atoms with E-state index in [0.717, 1.165) is 11.0 Å². The van der Waals surface area contributed by atoms with E-state index in [-0.39, 0.29) is 29.5 Å². The molecule has 0 aliphatic carbocycles. The van der Waals surface area contributed by atoms with Gasteiger partial charge in [-0.2, -0.15) is 0 Å². The maximum absolute atomic E-state index is 12.6. The molecule has 10 nitrogen and oxygen atoms in total. The van der Waals surface area contributed by atoms with Crippen molar-refractivity contribution in [1.82, 2.24) is 9.55 Å². The molecule has 2 amide bonds. The summed E-state index contributed by atoms with van der Waals surface area (Å²) in [6, 6.07) is 10.5. The molecule has 10 heteroatoms. The number of imidazole rings is 1. The van der Waals surface area contributed by atoms with Gasteiger partial charge in [-0.1, -0.05) is 12.1 Å². The van der Waals surface area contributed by atoms with E-state index >= 15 is 0 Å². The Labute approximate surface area is 158 Å². The zero-order valence-electron chi connectivity index (χ0n) is 14.7. The number of fused-ring (bicyclic) bond motifs is 3. The normalized spacial score (nSPS) is 15.2. The van der Waals surface area contributed by atoms with E-state index in [0.29, 0.717) is 5.95 Å². The second kappa shape index (κ2) is 6.65. The zero-order chi connectivity index (χ0) is 19.8. The minimum atomic E-state index is -0.744. The maximum Gasteiger partial charge on any atom is 0.273 e. The first-order valence-corrected chi connectivity index (χ1v) is 8.38. The van der Waals surface area contributed by atoms with Crippen LogP contribution in [-0.2, 0) is 9.59 Å². The van der Waals surface area contributed by atoms with Crippen molar-refractivity contribution in [2.45, 2.75) is 12.5 Å². The van der Waals surface area contributed by atoms with Crippen LogP contribution >= 0.6 is 0 Å². The number of benzene rings is 2. The third-order valence-electron chi connectivity index (χ3n) is 4.49. The first-order chi connectivity index (χ1) is 13.5. The molecule has 0 saturated heterocycles. The molecular formula is C18H15N5O5. The van der Waals surface area contributed by atoms with E-state index in [4.69, 9.17) is 4.74 Å². The monoisotopic (exact) mass is 381 g/mol. The number of carbonyl (C=O) groups excluding carboxylic acids is 2. The molecule has 0 fully saturated rings. The quantitative estimate of drug-likeness (QED) is 0.516. The van der Waals surface area contributed by atoms with Crippen LogP contribution in [0.5, 0.6) is 5.75 Å². The summed E-state index contributed by atoms with van der Waals surface area (Å²) in [5.41, 5.74) is 1.60. The van der Waals surface area contributed by atoms with Gasteiger partial charge in [0.05, 0.1) is 41.2 Å². The minimum Gasteiger partial charge on any atom is -0.494 e. The Kier molecular flexibility index (Phi) is 4.15. The van der Waals surface area contributed by atoms with Crippen molar-refractivity contribution in [3.05, 3.63) is 52.6 Å². The highest BCUT2D eigenvalue weighted by Crippen LogP contribution is 2.33. The Morgan fingerprint density at radius 1 is 1.36 bits per heavy atom. The van der Waals surface area contributed by atoms with Crippen molar-refractivity contribution in [2.24, 2.45) is 0 Å². The van der Waals surface area contributed by atoms with Crippen LogP contribution in [0.15, 0.2) is 42.5 Å². The van der Waals surface area contributed by atoms with Crippen molar-refractivity contribution in [3.63, 3.8) is 0 Å². The first kappa shape index (κ1) is 17.5. The van der Waals surface area contributed by atoms with E-state index < -0.39 is 16.9 Å². The molecule has 1 atom stereocenters. The highest BCUT2D eigenvalue weighted by atomic mass is 16.6. The number of ether oxygens (including phenoxy) is 1. The second-order valence-corrected chi connectivity index (χ2v) is 6.19. The third kappa shape index (κ3) is 2.90. The number of rotatable bonds is 5.